The Morgan fingerprint density at radius 1 is 1.42 bits per heavy atom. The monoisotopic (exact) mass is 304 g/mol. The third-order valence-electron chi connectivity index (χ3n) is 2.22. The summed E-state index contributed by atoms with van der Waals surface area (Å²) in [6.45, 7) is 0. The molecule has 0 atom stereocenters. The van der Waals surface area contributed by atoms with Gasteiger partial charge in [-0.15, -0.1) is 11.3 Å². The number of hydrogen-bond donors (Lipinski definition) is 2. The van der Waals surface area contributed by atoms with Gasteiger partial charge in [0.2, 0.25) is 0 Å². The van der Waals surface area contributed by atoms with Gasteiger partial charge in [-0.1, -0.05) is 36.6 Å². The van der Waals surface area contributed by atoms with Crippen LogP contribution in [0.3, 0.4) is 0 Å². The summed E-state index contributed by atoms with van der Waals surface area (Å²) in [6, 6.07) is 9.77. The van der Waals surface area contributed by atoms with Crippen LogP contribution in [-0.2, 0) is 0 Å². The van der Waals surface area contributed by atoms with Crippen LogP contribution in [0.4, 0.5) is 0 Å². The van der Waals surface area contributed by atoms with E-state index in [9.17, 15) is 0 Å². The molecule has 0 radical (unpaired) electrons. The minimum Gasteiger partial charge on any atom is -0.388 e. The van der Waals surface area contributed by atoms with Crippen molar-refractivity contribution in [2.24, 2.45) is 5.73 Å². The second-order valence-electron chi connectivity index (χ2n) is 3.49. The van der Waals surface area contributed by atoms with Crippen LogP contribution in [0.15, 0.2) is 30.5 Å². The number of nitrogens with zero attached hydrogens (tertiary/aromatic N) is 2. The van der Waals surface area contributed by atoms with Crippen LogP contribution in [0.25, 0.3) is 15.8 Å². The predicted octanol–water partition coefficient (Wildman–Crippen LogP) is 2.36. The van der Waals surface area contributed by atoms with E-state index in [0.717, 1.165) is 10.2 Å². The van der Waals surface area contributed by atoms with Crippen molar-refractivity contribution in [3.8, 4) is 6.07 Å². The van der Waals surface area contributed by atoms with Gasteiger partial charge in [0.05, 0.1) is 10.2 Å². The lowest BCUT2D eigenvalue weighted by Gasteiger charge is -2.00. The molecule has 0 aliphatic rings. The van der Waals surface area contributed by atoms with E-state index < -0.39 is 0 Å². The van der Waals surface area contributed by atoms with Gasteiger partial charge < -0.3 is 11.1 Å². The van der Waals surface area contributed by atoms with Crippen molar-refractivity contribution in [2.75, 3.05) is 0 Å². The predicted molar refractivity (Wildman–Crippen MR) is 85.7 cm³/mol. The lowest BCUT2D eigenvalue weighted by molar-refractivity contribution is 1.32. The zero-order valence-electron chi connectivity index (χ0n) is 9.58. The van der Waals surface area contributed by atoms with Gasteiger partial charge in [0.15, 0.2) is 0 Å². The van der Waals surface area contributed by atoms with E-state index >= 15 is 0 Å². The summed E-state index contributed by atoms with van der Waals surface area (Å²) in [5.41, 5.74) is 6.62. The fraction of sp³-hybridized carbons (Fsp3) is 0. The molecule has 19 heavy (non-hydrogen) atoms. The fourth-order valence-electron chi connectivity index (χ4n) is 1.34. The van der Waals surface area contributed by atoms with Gasteiger partial charge in [0, 0.05) is 6.20 Å². The van der Waals surface area contributed by atoms with Crippen molar-refractivity contribution < 1.29 is 0 Å². The van der Waals surface area contributed by atoms with Crippen molar-refractivity contribution in [3.05, 3.63) is 35.5 Å². The first-order chi connectivity index (χ1) is 9.11. The molecule has 2 rings (SSSR count). The van der Waals surface area contributed by atoms with Crippen LogP contribution in [0.2, 0.25) is 0 Å². The van der Waals surface area contributed by atoms with Gasteiger partial charge in [-0.2, -0.15) is 5.26 Å². The zero-order valence-corrected chi connectivity index (χ0v) is 12.0. The first kappa shape index (κ1) is 13.5. The smallest absolute Gasteiger partial charge is 0.137 e. The molecule has 4 nitrogen and oxygen atoms in total. The van der Waals surface area contributed by atoms with Crippen LogP contribution in [0.5, 0.6) is 0 Å². The summed E-state index contributed by atoms with van der Waals surface area (Å²) < 4.78 is 1.02. The Labute approximate surface area is 124 Å². The van der Waals surface area contributed by atoms with Crippen LogP contribution in [0.1, 0.15) is 5.01 Å². The molecule has 0 saturated heterocycles. The average molecular weight is 304 g/mol. The SMILES string of the molecule is N#C/C(=C\NC(=S)C(N)=S)c1nc2ccccc2s1. The average Bonchev–Trinajstić information content (AvgIpc) is 2.82. The molecule has 1 aromatic heterocycles. The number of hydrogen-bond acceptors (Lipinski definition) is 5. The molecule has 1 aromatic carbocycles. The molecule has 94 valence electrons. The minimum absolute atomic E-state index is 0.0906. The Hall–Kier alpha value is -1.88. The normalized spacial score (nSPS) is 11.0. The fourth-order valence-corrected chi connectivity index (χ4v) is 2.39. The number of thiocarbonyl (C=S) groups is 2. The lowest BCUT2D eigenvalue weighted by Crippen LogP contribution is -2.29. The van der Waals surface area contributed by atoms with Crippen LogP contribution in [-0.4, -0.2) is 15.0 Å². The number of rotatable bonds is 2. The summed E-state index contributed by atoms with van der Waals surface area (Å²) in [4.78, 5) is 4.70. The number of aromatic nitrogens is 1. The van der Waals surface area contributed by atoms with Crippen molar-refractivity contribution >= 4 is 61.5 Å². The number of thiazole rings is 1. The summed E-state index contributed by atoms with van der Waals surface area (Å²) >= 11 is 11.1. The molecule has 7 heteroatoms. The maximum absolute atomic E-state index is 9.16. The highest BCUT2D eigenvalue weighted by atomic mass is 32.1. The number of nitriles is 1. The standard InChI is InChI=1S/C12H8N4S3/c13-5-7(6-15-11(18)10(14)17)12-16-8-3-1-2-4-9(8)19-12/h1-4,6H,(H2,14,17)(H,15,18)/b7-6+. The van der Waals surface area contributed by atoms with E-state index in [0.29, 0.717) is 10.6 Å². The molecule has 0 spiro atoms. The summed E-state index contributed by atoms with van der Waals surface area (Å²) in [5, 5.41) is 12.5. The molecule has 0 aliphatic carbocycles. The summed E-state index contributed by atoms with van der Waals surface area (Å²) in [6.07, 6.45) is 1.47. The summed E-state index contributed by atoms with van der Waals surface area (Å²) in [7, 11) is 0. The molecule has 3 N–H and O–H groups in total. The molecule has 2 aromatic rings. The second-order valence-corrected chi connectivity index (χ2v) is 5.37. The van der Waals surface area contributed by atoms with E-state index in [-0.39, 0.29) is 9.98 Å². The first-order valence-electron chi connectivity index (χ1n) is 5.18. The largest absolute Gasteiger partial charge is 0.388 e. The minimum atomic E-state index is 0.0906. The molecule has 0 bridgehead atoms. The van der Waals surface area contributed by atoms with Crippen molar-refractivity contribution in [3.63, 3.8) is 0 Å². The maximum Gasteiger partial charge on any atom is 0.137 e. The number of allylic oxidation sites excluding steroid dienone is 1. The second kappa shape index (κ2) is 5.84. The Balaban J connectivity index is 2.32. The van der Waals surface area contributed by atoms with Gasteiger partial charge >= 0.3 is 0 Å². The van der Waals surface area contributed by atoms with Crippen molar-refractivity contribution in [1.82, 2.24) is 10.3 Å². The van der Waals surface area contributed by atoms with Gasteiger partial charge in [-0.05, 0) is 12.1 Å². The molecule has 1 heterocycles. The van der Waals surface area contributed by atoms with E-state index in [1.165, 1.54) is 17.5 Å². The molecular formula is C12H8N4S3. The van der Waals surface area contributed by atoms with E-state index in [4.69, 9.17) is 35.4 Å². The van der Waals surface area contributed by atoms with E-state index in [1.54, 1.807) is 0 Å². The van der Waals surface area contributed by atoms with Crippen molar-refractivity contribution in [1.29, 1.82) is 5.26 Å². The summed E-state index contributed by atoms with van der Waals surface area (Å²) in [5.74, 6) is 0. The van der Waals surface area contributed by atoms with Crippen LogP contribution < -0.4 is 11.1 Å². The molecular weight excluding hydrogens is 296 g/mol. The third kappa shape index (κ3) is 3.12. The maximum atomic E-state index is 9.16. The number of benzene rings is 1. The molecule has 0 unspecified atom stereocenters. The molecule has 0 saturated carbocycles. The van der Waals surface area contributed by atoms with E-state index in [2.05, 4.69) is 16.4 Å². The number of nitrogens with two attached hydrogens (primary N) is 1. The quantitative estimate of drug-likeness (QED) is 0.655. The molecule has 0 fully saturated rings. The molecule has 0 aliphatic heterocycles. The Morgan fingerprint density at radius 2 is 2.16 bits per heavy atom. The highest BCUT2D eigenvalue weighted by molar-refractivity contribution is 7.89. The first-order valence-corrected chi connectivity index (χ1v) is 6.81. The lowest BCUT2D eigenvalue weighted by atomic mass is 10.3. The van der Waals surface area contributed by atoms with Crippen LogP contribution >= 0.6 is 35.8 Å². The Bertz CT molecular complexity index is 691. The Morgan fingerprint density at radius 3 is 2.79 bits per heavy atom. The third-order valence-corrected chi connectivity index (χ3v) is 3.96. The van der Waals surface area contributed by atoms with Gasteiger partial charge in [-0.25, -0.2) is 4.98 Å². The number of nitrogens with one attached hydrogen (secondary N) is 1. The molecule has 0 amide bonds. The number of fused-ring (bicyclic) bond motifs is 1. The van der Waals surface area contributed by atoms with Gasteiger partial charge in [-0.3, -0.25) is 0 Å². The van der Waals surface area contributed by atoms with Gasteiger partial charge in [0.25, 0.3) is 0 Å². The zero-order chi connectivity index (χ0) is 13.8. The van der Waals surface area contributed by atoms with Crippen molar-refractivity contribution in [2.45, 2.75) is 0 Å². The van der Waals surface area contributed by atoms with E-state index in [1.807, 2.05) is 24.3 Å². The highest BCUT2D eigenvalue weighted by Gasteiger charge is 2.08. The number of para-hydroxylation sites is 1. The topological polar surface area (TPSA) is 74.7 Å². The van der Waals surface area contributed by atoms with Crippen LogP contribution in [0, 0.1) is 11.3 Å². The highest BCUT2D eigenvalue weighted by Crippen LogP contribution is 2.26. The van der Waals surface area contributed by atoms with Gasteiger partial charge in [0.1, 0.15) is 26.6 Å². The Kier molecular flexibility index (Phi) is 4.16.